The first-order chi connectivity index (χ1) is 8.20. The number of hydrogen-bond acceptors (Lipinski definition) is 2. The summed E-state index contributed by atoms with van der Waals surface area (Å²) in [5.74, 6) is 0.207. The van der Waals surface area contributed by atoms with E-state index >= 15 is 0 Å². The van der Waals surface area contributed by atoms with Gasteiger partial charge in [0, 0.05) is 5.69 Å². The Morgan fingerprint density at radius 2 is 2.12 bits per heavy atom. The minimum atomic E-state index is -0.292. The molecule has 1 heterocycles. The fourth-order valence-corrected chi connectivity index (χ4v) is 1.93. The van der Waals surface area contributed by atoms with Crippen LogP contribution in [-0.2, 0) is 6.42 Å². The van der Waals surface area contributed by atoms with Crippen LogP contribution in [0, 0.1) is 10.5 Å². The number of benzene rings is 1. The summed E-state index contributed by atoms with van der Waals surface area (Å²) < 4.78 is 14.1. The maximum Gasteiger partial charge on any atom is 0.142 e. The highest BCUT2D eigenvalue weighted by Gasteiger charge is 2.06. The fraction of sp³-hybridized carbons (Fsp3) is 0.231. The summed E-state index contributed by atoms with van der Waals surface area (Å²) in [5.41, 5.74) is 1.45. The molecule has 0 aliphatic rings. The second kappa shape index (κ2) is 5.19. The molecule has 0 aliphatic heterocycles. The van der Waals surface area contributed by atoms with Crippen molar-refractivity contribution in [2.45, 2.75) is 19.8 Å². The van der Waals surface area contributed by atoms with Crippen molar-refractivity contribution in [2.24, 2.45) is 0 Å². The number of H-pyrrole nitrogens is 1. The van der Waals surface area contributed by atoms with Crippen molar-refractivity contribution in [3.05, 3.63) is 46.5 Å². The van der Waals surface area contributed by atoms with Gasteiger partial charge >= 0.3 is 0 Å². The van der Waals surface area contributed by atoms with Gasteiger partial charge < -0.3 is 4.98 Å². The van der Waals surface area contributed by atoms with Gasteiger partial charge in [-0.2, -0.15) is 0 Å². The quantitative estimate of drug-likeness (QED) is 0.835. The number of aromatic nitrogens is 2. The number of nitrogens with zero attached hydrogens (tertiary/aromatic N) is 1. The third-order valence-corrected chi connectivity index (χ3v) is 2.66. The predicted molar refractivity (Wildman–Crippen MR) is 68.8 cm³/mol. The van der Waals surface area contributed by atoms with E-state index in [9.17, 15) is 4.39 Å². The van der Waals surface area contributed by atoms with Crippen LogP contribution in [0.2, 0.25) is 0 Å². The second-order valence-electron chi connectivity index (χ2n) is 3.82. The van der Waals surface area contributed by atoms with Gasteiger partial charge in [0.2, 0.25) is 0 Å². The first kappa shape index (κ1) is 11.9. The summed E-state index contributed by atoms with van der Waals surface area (Å²) in [6.45, 7) is 2.08. The first-order valence-corrected chi connectivity index (χ1v) is 5.96. The standard InChI is InChI=1S/C13H13FN2S/c1-2-5-9-8-12(17)16-13(15-9)10-6-3-4-7-11(10)14/h3-4,6-8H,2,5H2,1H3,(H,15,16,17). The van der Waals surface area contributed by atoms with Crippen molar-refractivity contribution in [1.82, 2.24) is 9.97 Å². The molecule has 0 saturated carbocycles. The molecular formula is C13H13FN2S. The largest absolute Gasteiger partial charge is 0.343 e. The van der Waals surface area contributed by atoms with Crippen LogP contribution in [0.15, 0.2) is 30.3 Å². The number of aromatic amines is 1. The smallest absolute Gasteiger partial charge is 0.142 e. The molecule has 2 rings (SSSR count). The minimum absolute atomic E-state index is 0.292. The van der Waals surface area contributed by atoms with Gasteiger partial charge in [0.25, 0.3) is 0 Å². The van der Waals surface area contributed by atoms with E-state index in [0.29, 0.717) is 16.0 Å². The molecule has 0 atom stereocenters. The van der Waals surface area contributed by atoms with Gasteiger partial charge in [0.1, 0.15) is 16.3 Å². The van der Waals surface area contributed by atoms with Crippen LogP contribution in [0.1, 0.15) is 19.0 Å². The van der Waals surface area contributed by atoms with E-state index in [2.05, 4.69) is 16.9 Å². The topological polar surface area (TPSA) is 28.7 Å². The highest BCUT2D eigenvalue weighted by Crippen LogP contribution is 2.19. The predicted octanol–water partition coefficient (Wildman–Crippen LogP) is 3.90. The lowest BCUT2D eigenvalue weighted by Crippen LogP contribution is -1.97. The highest BCUT2D eigenvalue weighted by molar-refractivity contribution is 7.71. The molecule has 2 aromatic rings. The van der Waals surface area contributed by atoms with Gasteiger partial charge in [0.15, 0.2) is 0 Å². The van der Waals surface area contributed by atoms with Gasteiger partial charge in [-0.25, -0.2) is 9.37 Å². The number of halogens is 1. The Morgan fingerprint density at radius 1 is 1.35 bits per heavy atom. The Labute approximate surface area is 105 Å². The molecule has 0 unspecified atom stereocenters. The van der Waals surface area contributed by atoms with Crippen LogP contribution in [0.3, 0.4) is 0 Å². The molecule has 17 heavy (non-hydrogen) atoms. The molecule has 2 nitrogen and oxygen atoms in total. The summed E-state index contributed by atoms with van der Waals surface area (Å²) in [5, 5.41) is 0. The molecular weight excluding hydrogens is 235 g/mol. The molecule has 0 amide bonds. The van der Waals surface area contributed by atoms with Crippen molar-refractivity contribution in [3.8, 4) is 11.4 Å². The van der Waals surface area contributed by atoms with Crippen molar-refractivity contribution >= 4 is 12.2 Å². The van der Waals surface area contributed by atoms with Crippen molar-refractivity contribution in [3.63, 3.8) is 0 Å². The Kier molecular flexibility index (Phi) is 3.64. The molecule has 88 valence electrons. The van der Waals surface area contributed by atoms with Crippen LogP contribution in [0.5, 0.6) is 0 Å². The molecule has 0 bridgehead atoms. The lowest BCUT2D eigenvalue weighted by atomic mass is 10.2. The van der Waals surface area contributed by atoms with E-state index in [4.69, 9.17) is 12.2 Å². The number of aryl methyl sites for hydroxylation is 1. The maximum atomic E-state index is 13.6. The summed E-state index contributed by atoms with van der Waals surface area (Å²) in [6, 6.07) is 8.37. The molecule has 0 aliphatic carbocycles. The number of rotatable bonds is 3. The van der Waals surface area contributed by atoms with E-state index in [1.54, 1.807) is 18.2 Å². The van der Waals surface area contributed by atoms with E-state index in [1.165, 1.54) is 6.07 Å². The fourth-order valence-electron chi connectivity index (χ4n) is 1.69. The number of nitrogens with one attached hydrogen (secondary N) is 1. The van der Waals surface area contributed by atoms with Gasteiger partial charge in [0.05, 0.1) is 5.56 Å². The second-order valence-corrected chi connectivity index (χ2v) is 4.24. The average molecular weight is 248 g/mol. The molecule has 4 heteroatoms. The molecule has 1 N–H and O–H groups in total. The van der Waals surface area contributed by atoms with Crippen LogP contribution in [0.25, 0.3) is 11.4 Å². The molecule has 0 saturated heterocycles. The Bertz CT molecular complexity index is 578. The van der Waals surface area contributed by atoms with Crippen molar-refractivity contribution in [2.75, 3.05) is 0 Å². The zero-order chi connectivity index (χ0) is 12.3. The number of hydrogen-bond donors (Lipinski definition) is 1. The third-order valence-electron chi connectivity index (χ3n) is 2.45. The highest BCUT2D eigenvalue weighted by atomic mass is 32.1. The summed E-state index contributed by atoms with van der Waals surface area (Å²) in [6.07, 6.45) is 1.89. The molecule has 0 spiro atoms. The van der Waals surface area contributed by atoms with Crippen molar-refractivity contribution in [1.29, 1.82) is 0 Å². The normalized spacial score (nSPS) is 10.5. The van der Waals surface area contributed by atoms with Gasteiger partial charge in [-0.05, 0) is 24.6 Å². The zero-order valence-corrected chi connectivity index (χ0v) is 10.4. The van der Waals surface area contributed by atoms with Crippen LogP contribution in [0.4, 0.5) is 4.39 Å². The lowest BCUT2D eigenvalue weighted by molar-refractivity contribution is 0.629. The molecule has 0 radical (unpaired) electrons. The summed E-state index contributed by atoms with van der Waals surface area (Å²) >= 11 is 5.09. The summed E-state index contributed by atoms with van der Waals surface area (Å²) in [7, 11) is 0. The van der Waals surface area contributed by atoms with Gasteiger partial charge in [-0.15, -0.1) is 0 Å². The summed E-state index contributed by atoms with van der Waals surface area (Å²) in [4.78, 5) is 7.29. The van der Waals surface area contributed by atoms with E-state index in [1.807, 2.05) is 6.07 Å². The van der Waals surface area contributed by atoms with E-state index in [-0.39, 0.29) is 5.82 Å². The average Bonchev–Trinajstić information content (AvgIpc) is 2.29. The monoisotopic (exact) mass is 248 g/mol. The zero-order valence-electron chi connectivity index (χ0n) is 9.53. The third kappa shape index (κ3) is 2.77. The molecule has 1 aromatic heterocycles. The Hall–Kier alpha value is -1.55. The maximum absolute atomic E-state index is 13.6. The minimum Gasteiger partial charge on any atom is -0.343 e. The van der Waals surface area contributed by atoms with Gasteiger partial charge in [-0.1, -0.05) is 37.7 Å². The molecule has 0 fully saturated rings. The van der Waals surface area contributed by atoms with Crippen LogP contribution >= 0.6 is 12.2 Å². The SMILES string of the molecule is CCCc1cc(=S)nc(-c2ccccc2F)[nH]1. The molecule has 1 aromatic carbocycles. The first-order valence-electron chi connectivity index (χ1n) is 5.56. The van der Waals surface area contributed by atoms with Gasteiger partial charge in [-0.3, -0.25) is 0 Å². The van der Waals surface area contributed by atoms with Crippen LogP contribution in [-0.4, -0.2) is 9.97 Å². The van der Waals surface area contributed by atoms with Crippen LogP contribution < -0.4 is 0 Å². The Balaban J connectivity index is 2.52. The Morgan fingerprint density at radius 3 is 2.82 bits per heavy atom. The lowest BCUT2D eigenvalue weighted by Gasteiger charge is -2.05. The van der Waals surface area contributed by atoms with Crippen molar-refractivity contribution < 1.29 is 4.39 Å². The van der Waals surface area contributed by atoms with E-state index in [0.717, 1.165) is 18.5 Å². The van der Waals surface area contributed by atoms with E-state index < -0.39 is 0 Å².